The van der Waals surface area contributed by atoms with Crippen LogP contribution in [0.1, 0.15) is 19.3 Å². The van der Waals surface area contributed by atoms with Gasteiger partial charge in [0.2, 0.25) is 0 Å². The second-order valence-corrected chi connectivity index (χ2v) is 3.45. The molecule has 0 aromatic heterocycles. The first-order valence-electron chi connectivity index (χ1n) is 4.45. The van der Waals surface area contributed by atoms with Gasteiger partial charge in [0.1, 0.15) is 0 Å². The van der Waals surface area contributed by atoms with Crippen LogP contribution in [-0.4, -0.2) is 36.4 Å². The summed E-state index contributed by atoms with van der Waals surface area (Å²) in [7, 11) is 0. The maximum Gasteiger partial charge on any atom is 0.313 e. The van der Waals surface area contributed by atoms with Crippen molar-refractivity contribution in [3.63, 3.8) is 0 Å². The minimum absolute atomic E-state index is 0.452. The van der Waals surface area contributed by atoms with E-state index < -0.39 is 5.37 Å². The molecule has 1 aliphatic heterocycles. The van der Waals surface area contributed by atoms with Crippen LogP contribution < -0.4 is 5.32 Å². The number of hydrogen-bond acceptors (Lipinski definition) is 2. The van der Waals surface area contributed by atoms with Crippen molar-refractivity contribution < 1.29 is 4.79 Å². The third kappa shape index (κ3) is 3.93. The lowest BCUT2D eigenvalue weighted by Gasteiger charge is -2.26. The summed E-state index contributed by atoms with van der Waals surface area (Å²) < 4.78 is 0. The van der Waals surface area contributed by atoms with Crippen LogP contribution in [0, 0.1) is 0 Å². The second-order valence-electron chi connectivity index (χ2n) is 3.10. The summed E-state index contributed by atoms with van der Waals surface area (Å²) in [5, 5.41) is 2.13. The number of amides is 1. The molecule has 3 nitrogen and oxygen atoms in total. The molecule has 0 spiro atoms. The van der Waals surface area contributed by atoms with E-state index in [9.17, 15) is 4.79 Å². The molecule has 1 fully saturated rings. The Hall–Kier alpha value is -0.280. The van der Waals surface area contributed by atoms with Gasteiger partial charge in [-0.05, 0) is 37.5 Å². The van der Waals surface area contributed by atoms with Gasteiger partial charge in [-0.1, -0.05) is 6.42 Å². The lowest BCUT2D eigenvalue weighted by atomic mass is 10.1. The van der Waals surface area contributed by atoms with Crippen molar-refractivity contribution >= 4 is 17.0 Å². The molecule has 0 aromatic carbocycles. The SMILES string of the molecule is O=C(Cl)NCCN1CCCCC1. The van der Waals surface area contributed by atoms with Crippen molar-refractivity contribution in [1.82, 2.24) is 10.2 Å². The van der Waals surface area contributed by atoms with E-state index in [1.54, 1.807) is 0 Å². The number of nitrogens with one attached hydrogen (secondary N) is 1. The number of halogens is 1. The van der Waals surface area contributed by atoms with Crippen molar-refractivity contribution in [2.75, 3.05) is 26.2 Å². The molecular formula is C8H15ClN2O. The maximum atomic E-state index is 10.3. The van der Waals surface area contributed by atoms with Crippen LogP contribution in [0.15, 0.2) is 0 Å². The molecule has 0 aromatic rings. The summed E-state index contributed by atoms with van der Waals surface area (Å²) in [6.45, 7) is 3.93. The smallest absolute Gasteiger partial charge is 0.313 e. The summed E-state index contributed by atoms with van der Waals surface area (Å²) in [6, 6.07) is 0. The van der Waals surface area contributed by atoms with E-state index in [-0.39, 0.29) is 0 Å². The highest BCUT2D eigenvalue weighted by Crippen LogP contribution is 2.07. The van der Waals surface area contributed by atoms with E-state index in [1.165, 1.54) is 19.3 Å². The molecule has 0 radical (unpaired) electrons. The number of carbonyl (C=O) groups is 1. The second kappa shape index (κ2) is 5.38. The van der Waals surface area contributed by atoms with Crippen LogP contribution in [0.3, 0.4) is 0 Å². The molecule has 0 atom stereocenters. The molecule has 1 N–H and O–H groups in total. The van der Waals surface area contributed by atoms with E-state index in [2.05, 4.69) is 10.2 Å². The van der Waals surface area contributed by atoms with E-state index >= 15 is 0 Å². The van der Waals surface area contributed by atoms with Crippen molar-refractivity contribution in [3.05, 3.63) is 0 Å². The summed E-state index contributed by atoms with van der Waals surface area (Å²) >= 11 is 5.13. The van der Waals surface area contributed by atoms with Crippen molar-refractivity contribution in [2.45, 2.75) is 19.3 Å². The molecule has 1 saturated heterocycles. The maximum absolute atomic E-state index is 10.3. The minimum Gasteiger partial charge on any atom is -0.341 e. The standard InChI is InChI=1S/C8H15ClN2O/c9-8(12)10-4-7-11-5-2-1-3-6-11/h1-7H2,(H,10,12). The Balaban J connectivity index is 2.01. The van der Waals surface area contributed by atoms with E-state index in [0.29, 0.717) is 6.54 Å². The van der Waals surface area contributed by atoms with Crippen molar-refractivity contribution in [3.8, 4) is 0 Å². The average Bonchev–Trinajstić information content (AvgIpc) is 2.05. The summed E-state index contributed by atoms with van der Waals surface area (Å²) in [5.74, 6) is 0. The number of rotatable bonds is 3. The highest BCUT2D eigenvalue weighted by molar-refractivity contribution is 6.62. The highest BCUT2D eigenvalue weighted by Gasteiger charge is 2.08. The minimum atomic E-state index is -0.452. The predicted octanol–water partition coefficient (Wildman–Crippen LogP) is 1.42. The van der Waals surface area contributed by atoms with Gasteiger partial charge in [0.05, 0.1) is 0 Å². The number of likely N-dealkylation sites (tertiary alicyclic amines) is 1. The van der Waals surface area contributed by atoms with Crippen LogP contribution in [-0.2, 0) is 0 Å². The Bertz CT molecular complexity index is 146. The van der Waals surface area contributed by atoms with Crippen molar-refractivity contribution in [1.29, 1.82) is 0 Å². The van der Waals surface area contributed by atoms with Gasteiger partial charge in [0.25, 0.3) is 0 Å². The topological polar surface area (TPSA) is 32.3 Å². The van der Waals surface area contributed by atoms with Gasteiger partial charge in [0, 0.05) is 13.1 Å². The van der Waals surface area contributed by atoms with Crippen LogP contribution in [0.5, 0.6) is 0 Å². The zero-order chi connectivity index (χ0) is 8.81. The third-order valence-electron chi connectivity index (χ3n) is 2.14. The Morgan fingerprint density at radius 3 is 2.58 bits per heavy atom. The van der Waals surface area contributed by atoms with E-state index in [4.69, 9.17) is 11.6 Å². The molecule has 4 heteroatoms. The molecule has 0 bridgehead atoms. The van der Waals surface area contributed by atoms with Gasteiger partial charge in [-0.2, -0.15) is 0 Å². The van der Waals surface area contributed by atoms with Gasteiger partial charge in [-0.15, -0.1) is 0 Å². The molecule has 0 unspecified atom stereocenters. The van der Waals surface area contributed by atoms with Crippen LogP contribution >= 0.6 is 11.6 Å². The average molecular weight is 191 g/mol. The third-order valence-corrected chi connectivity index (χ3v) is 2.27. The summed E-state index contributed by atoms with van der Waals surface area (Å²) in [5.41, 5.74) is 0. The predicted molar refractivity (Wildman–Crippen MR) is 49.5 cm³/mol. The van der Waals surface area contributed by atoms with Gasteiger partial charge in [0.15, 0.2) is 0 Å². The molecule has 70 valence electrons. The molecule has 1 heterocycles. The molecule has 0 aliphatic carbocycles. The number of hydrogen-bond donors (Lipinski definition) is 1. The summed E-state index contributed by atoms with van der Waals surface area (Å²) in [6.07, 6.45) is 3.92. The zero-order valence-corrected chi connectivity index (χ0v) is 7.94. The molecule has 0 saturated carbocycles. The van der Waals surface area contributed by atoms with Crippen LogP contribution in [0.25, 0.3) is 0 Å². The Morgan fingerprint density at radius 2 is 2.00 bits per heavy atom. The Morgan fingerprint density at radius 1 is 1.33 bits per heavy atom. The number of nitrogens with zero attached hydrogens (tertiary/aromatic N) is 1. The largest absolute Gasteiger partial charge is 0.341 e. The fourth-order valence-electron chi connectivity index (χ4n) is 1.50. The molecular weight excluding hydrogens is 176 g/mol. The van der Waals surface area contributed by atoms with Gasteiger partial charge in [-0.3, -0.25) is 4.79 Å². The van der Waals surface area contributed by atoms with Crippen LogP contribution in [0.4, 0.5) is 4.79 Å². The normalized spacial score (nSPS) is 19.1. The summed E-state index contributed by atoms with van der Waals surface area (Å²) in [4.78, 5) is 12.7. The molecule has 12 heavy (non-hydrogen) atoms. The first-order valence-corrected chi connectivity index (χ1v) is 4.82. The lowest BCUT2D eigenvalue weighted by molar-refractivity contribution is 0.226. The first-order chi connectivity index (χ1) is 5.79. The van der Waals surface area contributed by atoms with Gasteiger partial charge < -0.3 is 10.2 Å². The van der Waals surface area contributed by atoms with E-state index in [0.717, 1.165) is 19.6 Å². The Kier molecular flexibility index (Phi) is 4.40. The fraction of sp³-hybridized carbons (Fsp3) is 0.875. The lowest BCUT2D eigenvalue weighted by Crippen LogP contribution is -2.36. The van der Waals surface area contributed by atoms with Crippen molar-refractivity contribution in [2.24, 2.45) is 0 Å². The number of carbonyl (C=O) groups excluding carboxylic acids is 1. The Labute approximate surface area is 78.1 Å². The number of piperidine rings is 1. The highest BCUT2D eigenvalue weighted by atomic mass is 35.5. The van der Waals surface area contributed by atoms with E-state index in [1.807, 2.05) is 0 Å². The zero-order valence-electron chi connectivity index (χ0n) is 7.18. The van der Waals surface area contributed by atoms with Gasteiger partial charge >= 0.3 is 5.37 Å². The van der Waals surface area contributed by atoms with Crippen LogP contribution in [0.2, 0.25) is 0 Å². The molecule has 1 rings (SSSR count). The molecule has 1 aliphatic rings. The monoisotopic (exact) mass is 190 g/mol. The first kappa shape index (κ1) is 9.81. The quantitative estimate of drug-likeness (QED) is 0.539. The van der Waals surface area contributed by atoms with Gasteiger partial charge in [-0.25, -0.2) is 0 Å². The fourth-order valence-corrected chi connectivity index (χ4v) is 1.59. The molecule has 1 amide bonds.